The summed E-state index contributed by atoms with van der Waals surface area (Å²) >= 11 is 3.45. The number of halogens is 1. The molecule has 0 unspecified atom stereocenters. The molecule has 5 nitrogen and oxygen atoms in total. The fourth-order valence-corrected chi connectivity index (χ4v) is 3.09. The molecule has 0 atom stereocenters. The molecule has 134 valence electrons. The van der Waals surface area contributed by atoms with Gasteiger partial charge in [-0.1, -0.05) is 15.9 Å². The second-order valence-corrected chi connectivity index (χ2v) is 6.90. The maximum absolute atomic E-state index is 13.0. The fraction of sp³-hybridized carbons (Fsp3) is 0.250. The Balaban J connectivity index is 2.15. The molecule has 2 aromatic heterocycles. The lowest BCUT2D eigenvalue weighted by Crippen LogP contribution is -2.31. The van der Waals surface area contributed by atoms with Crippen molar-refractivity contribution in [1.82, 2.24) is 14.9 Å². The molecule has 0 bridgehead atoms. The van der Waals surface area contributed by atoms with Crippen molar-refractivity contribution in [2.24, 2.45) is 0 Å². The van der Waals surface area contributed by atoms with E-state index in [0.717, 1.165) is 26.9 Å². The second-order valence-electron chi connectivity index (χ2n) is 5.98. The third-order valence-electron chi connectivity index (χ3n) is 4.26. The van der Waals surface area contributed by atoms with Crippen LogP contribution in [-0.4, -0.2) is 33.9 Å². The number of pyridine rings is 2. The number of fused-ring (bicyclic) bond motifs is 1. The van der Waals surface area contributed by atoms with E-state index in [2.05, 4.69) is 31.2 Å². The molecule has 1 amide bonds. The summed E-state index contributed by atoms with van der Waals surface area (Å²) in [4.78, 5) is 23.7. The lowest BCUT2D eigenvalue weighted by Gasteiger charge is -2.21. The summed E-state index contributed by atoms with van der Waals surface area (Å²) < 4.78 is 0.999. The largest absolute Gasteiger partial charge is 0.354 e. The topological polar surface area (TPSA) is 58.1 Å². The number of amides is 1. The summed E-state index contributed by atoms with van der Waals surface area (Å²) in [5.74, 6) is -0.0374. The number of hydrogen-bond donors (Lipinski definition) is 1. The van der Waals surface area contributed by atoms with Crippen LogP contribution in [0.15, 0.2) is 47.1 Å². The van der Waals surface area contributed by atoms with Crippen molar-refractivity contribution in [3.8, 4) is 0 Å². The van der Waals surface area contributed by atoms with Crippen molar-refractivity contribution in [3.63, 3.8) is 0 Å². The fourth-order valence-electron chi connectivity index (χ4n) is 2.83. The van der Waals surface area contributed by atoms with Crippen molar-refractivity contribution in [2.45, 2.75) is 20.8 Å². The molecule has 1 aromatic carbocycles. The van der Waals surface area contributed by atoms with Crippen LogP contribution in [0.2, 0.25) is 0 Å². The van der Waals surface area contributed by atoms with Gasteiger partial charge in [0.2, 0.25) is 0 Å². The molecule has 0 radical (unpaired) electrons. The molecule has 0 aliphatic carbocycles. The van der Waals surface area contributed by atoms with E-state index in [4.69, 9.17) is 0 Å². The van der Waals surface area contributed by atoms with Crippen molar-refractivity contribution in [3.05, 3.63) is 58.3 Å². The molecule has 2 heterocycles. The van der Waals surface area contributed by atoms with Gasteiger partial charge in [0.05, 0.1) is 11.3 Å². The second kappa shape index (κ2) is 7.83. The minimum absolute atomic E-state index is 0.0374. The monoisotopic (exact) mass is 412 g/mol. The van der Waals surface area contributed by atoms with Crippen molar-refractivity contribution < 1.29 is 4.79 Å². The molecule has 0 saturated carbocycles. The molecule has 26 heavy (non-hydrogen) atoms. The van der Waals surface area contributed by atoms with E-state index in [0.29, 0.717) is 24.3 Å². The third-order valence-corrected chi connectivity index (χ3v) is 4.79. The highest BCUT2D eigenvalue weighted by molar-refractivity contribution is 9.10. The minimum atomic E-state index is -0.0374. The van der Waals surface area contributed by atoms with Crippen molar-refractivity contribution >= 4 is 44.2 Å². The predicted molar refractivity (Wildman–Crippen MR) is 109 cm³/mol. The van der Waals surface area contributed by atoms with Crippen LogP contribution in [-0.2, 0) is 0 Å². The zero-order chi connectivity index (χ0) is 18.7. The van der Waals surface area contributed by atoms with E-state index in [1.54, 1.807) is 11.1 Å². The standard InChI is InChI=1S/C20H21BrN4O/c1-4-25(5-2)20(26)17-12-22-19-16(11-6-13(3)23-19)18(17)24-15-9-7-14(21)8-10-15/h6-12H,4-5H2,1-3H3,(H,22,23,24). The Morgan fingerprint density at radius 3 is 2.46 bits per heavy atom. The number of carbonyl (C=O) groups is 1. The van der Waals surface area contributed by atoms with Crippen molar-refractivity contribution in [2.75, 3.05) is 18.4 Å². The van der Waals surface area contributed by atoms with Gasteiger partial charge in [0.1, 0.15) is 0 Å². The zero-order valence-corrected chi connectivity index (χ0v) is 16.7. The molecule has 0 aliphatic heterocycles. The lowest BCUT2D eigenvalue weighted by molar-refractivity contribution is 0.0774. The maximum atomic E-state index is 13.0. The van der Waals surface area contributed by atoms with Crippen LogP contribution in [0.4, 0.5) is 11.4 Å². The lowest BCUT2D eigenvalue weighted by atomic mass is 10.1. The summed E-state index contributed by atoms with van der Waals surface area (Å²) in [5.41, 5.74) is 3.70. The van der Waals surface area contributed by atoms with Gasteiger partial charge in [0, 0.05) is 40.5 Å². The molecule has 6 heteroatoms. The first-order chi connectivity index (χ1) is 12.5. The number of aromatic nitrogens is 2. The first-order valence-corrected chi connectivity index (χ1v) is 9.41. The van der Waals surface area contributed by atoms with Crippen LogP contribution in [0.5, 0.6) is 0 Å². The van der Waals surface area contributed by atoms with Gasteiger partial charge in [0.25, 0.3) is 5.91 Å². The number of benzene rings is 1. The van der Waals surface area contributed by atoms with Gasteiger partial charge < -0.3 is 10.2 Å². The SMILES string of the molecule is CCN(CC)C(=O)c1cnc2nc(C)ccc2c1Nc1ccc(Br)cc1. The van der Waals surface area contributed by atoms with Gasteiger partial charge in [-0.3, -0.25) is 4.79 Å². The number of nitrogens with zero attached hydrogens (tertiary/aromatic N) is 3. The average molecular weight is 413 g/mol. The Morgan fingerprint density at radius 1 is 1.12 bits per heavy atom. The molecule has 3 aromatic rings. The molecule has 0 aliphatic rings. The Hall–Kier alpha value is -2.47. The Morgan fingerprint density at radius 2 is 1.81 bits per heavy atom. The quantitative estimate of drug-likeness (QED) is 0.645. The van der Waals surface area contributed by atoms with Gasteiger partial charge in [-0.2, -0.15) is 0 Å². The molecule has 0 spiro atoms. The van der Waals surface area contributed by atoms with Crippen LogP contribution in [0.25, 0.3) is 11.0 Å². The summed E-state index contributed by atoms with van der Waals surface area (Å²) in [6.45, 7) is 7.18. The van der Waals surface area contributed by atoms with Crippen LogP contribution >= 0.6 is 15.9 Å². The summed E-state index contributed by atoms with van der Waals surface area (Å²) in [7, 11) is 0. The number of nitrogens with one attached hydrogen (secondary N) is 1. The third kappa shape index (κ3) is 3.70. The van der Waals surface area contributed by atoms with Crippen LogP contribution in [0.3, 0.4) is 0 Å². The Labute approximate surface area is 161 Å². The van der Waals surface area contributed by atoms with Gasteiger partial charge in [-0.15, -0.1) is 0 Å². The molecule has 0 saturated heterocycles. The van der Waals surface area contributed by atoms with E-state index in [1.807, 2.05) is 57.2 Å². The van der Waals surface area contributed by atoms with Gasteiger partial charge in [0.15, 0.2) is 5.65 Å². The molecule has 1 N–H and O–H groups in total. The minimum Gasteiger partial charge on any atom is -0.354 e. The van der Waals surface area contributed by atoms with Gasteiger partial charge >= 0.3 is 0 Å². The average Bonchev–Trinajstić information content (AvgIpc) is 2.64. The predicted octanol–water partition coefficient (Wildman–Crippen LogP) is 4.93. The number of hydrogen-bond acceptors (Lipinski definition) is 4. The number of aryl methyl sites for hydroxylation is 1. The van der Waals surface area contributed by atoms with Crippen LogP contribution in [0, 0.1) is 6.92 Å². The van der Waals surface area contributed by atoms with Gasteiger partial charge in [-0.05, 0) is 57.2 Å². The first-order valence-electron chi connectivity index (χ1n) is 8.61. The highest BCUT2D eigenvalue weighted by Gasteiger charge is 2.20. The number of rotatable bonds is 5. The molecular formula is C20H21BrN4O. The van der Waals surface area contributed by atoms with Crippen LogP contribution in [0.1, 0.15) is 29.9 Å². The molecule has 3 rings (SSSR count). The zero-order valence-electron chi connectivity index (χ0n) is 15.1. The van der Waals surface area contributed by atoms with E-state index >= 15 is 0 Å². The summed E-state index contributed by atoms with van der Waals surface area (Å²) in [6, 6.07) is 11.7. The normalized spacial score (nSPS) is 10.8. The van der Waals surface area contributed by atoms with E-state index in [-0.39, 0.29) is 5.91 Å². The van der Waals surface area contributed by atoms with E-state index < -0.39 is 0 Å². The van der Waals surface area contributed by atoms with Gasteiger partial charge in [-0.25, -0.2) is 9.97 Å². The maximum Gasteiger partial charge on any atom is 0.257 e. The molecule has 0 fully saturated rings. The Bertz CT molecular complexity index is 936. The van der Waals surface area contributed by atoms with E-state index in [1.165, 1.54) is 0 Å². The highest BCUT2D eigenvalue weighted by atomic mass is 79.9. The molecular weight excluding hydrogens is 392 g/mol. The van der Waals surface area contributed by atoms with E-state index in [9.17, 15) is 4.79 Å². The Kier molecular flexibility index (Phi) is 5.52. The smallest absolute Gasteiger partial charge is 0.257 e. The number of anilines is 2. The highest BCUT2D eigenvalue weighted by Crippen LogP contribution is 2.30. The summed E-state index contributed by atoms with van der Waals surface area (Å²) in [5, 5.41) is 4.23. The summed E-state index contributed by atoms with van der Waals surface area (Å²) in [6.07, 6.45) is 1.62. The van der Waals surface area contributed by atoms with Crippen molar-refractivity contribution in [1.29, 1.82) is 0 Å². The first kappa shape index (κ1) is 18.3. The number of carbonyl (C=O) groups excluding carboxylic acids is 1. The van der Waals surface area contributed by atoms with Crippen LogP contribution < -0.4 is 5.32 Å².